The molecule has 1 aromatic carbocycles. The number of hydrogen-bond donors (Lipinski definition) is 5. The Morgan fingerprint density at radius 3 is 2.39 bits per heavy atom. The minimum atomic E-state index is -2.31. The van der Waals surface area contributed by atoms with E-state index in [1.54, 1.807) is 12.1 Å². The zero-order chi connectivity index (χ0) is 21.3. The maximum absolute atomic E-state index is 11.7. The van der Waals surface area contributed by atoms with Gasteiger partial charge in [0.1, 0.15) is 17.0 Å². The van der Waals surface area contributed by atoms with Crippen LogP contribution >= 0.6 is 27.5 Å². The molecule has 3 rings (SSSR count). The molecule has 0 saturated carbocycles. The lowest BCUT2D eigenvalue weighted by Crippen LogP contribution is -2.82. The van der Waals surface area contributed by atoms with Crippen molar-refractivity contribution >= 4 is 44.4 Å². The van der Waals surface area contributed by atoms with Crippen LogP contribution in [0.5, 0.6) is 5.75 Å². The lowest BCUT2D eigenvalue weighted by atomic mass is 9.65. The normalized spacial score (nSPS) is 38.5. The molecule has 1 aromatic heterocycles. The van der Waals surface area contributed by atoms with E-state index in [-0.39, 0.29) is 5.75 Å². The summed E-state index contributed by atoms with van der Waals surface area (Å²) in [7, 11) is 0. The summed E-state index contributed by atoms with van der Waals surface area (Å²) >= 11 is 9.68. The van der Waals surface area contributed by atoms with Gasteiger partial charge >= 0.3 is 5.97 Å². The summed E-state index contributed by atoms with van der Waals surface area (Å²) in [5, 5.41) is 43.1. The van der Waals surface area contributed by atoms with Crippen LogP contribution in [-0.4, -0.2) is 60.1 Å². The van der Waals surface area contributed by atoms with Crippen molar-refractivity contribution < 1.29 is 34.7 Å². The number of nitrogens with one attached hydrogen (secondary N) is 1. The average Bonchev–Trinajstić information content (AvgIpc) is 2.97. The minimum Gasteiger partial charge on any atom is -0.479 e. The molecule has 0 unspecified atom stereocenters. The molecule has 8 nitrogen and oxygen atoms in total. The van der Waals surface area contributed by atoms with Gasteiger partial charge in [-0.05, 0) is 48.8 Å². The lowest BCUT2D eigenvalue weighted by Gasteiger charge is -2.60. The number of aromatic amines is 1. The molecule has 0 aliphatic carbocycles. The molecular formula is C18H21BrClNO7. The Morgan fingerprint density at radius 1 is 1.21 bits per heavy atom. The summed E-state index contributed by atoms with van der Waals surface area (Å²) in [6.45, 7) is 4.70. The number of carbonyl (C=O) groups is 1. The zero-order valence-electron chi connectivity index (χ0n) is 15.6. The lowest BCUT2D eigenvalue weighted by molar-refractivity contribution is -0.407. The second-order valence-electron chi connectivity index (χ2n) is 7.61. The maximum atomic E-state index is 11.7. The van der Waals surface area contributed by atoms with Crippen molar-refractivity contribution in [3.8, 4) is 5.75 Å². The van der Waals surface area contributed by atoms with Gasteiger partial charge in [-0.25, -0.2) is 4.79 Å². The second kappa shape index (κ2) is 6.32. The Labute approximate surface area is 174 Å². The first kappa shape index (κ1) is 21.4. The molecule has 1 fully saturated rings. The van der Waals surface area contributed by atoms with Crippen molar-refractivity contribution in [1.29, 1.82) is 0 Å². The van der Waals surface area contributed by atoms with Crippen molar-refractivity contribution in [2.75, 3.05) is 0 Å². The van der Waals surface area contributed by atoms with Crippen molar-refractivity contribution in [3.63, 3.8) is 0 Å². The van der Waals surface area contributed by atoms with E-state index in [0.717, 1.165) is 13.8 Å². The summed E-state index contributed by atoms with van der Waals surface area (Å²) < 4.78 is 12.1. The number of fused-ring (bicyclic) bond motifs is 1. The van der Waals surface area contributed by atoms with Gasteiger partial charge < -0.3 is 34.9 Å². The fourth-order valence-corrected chi connectivity index (χ4v) is 4.06. The smallest absolute Gasteiger partial charge is 0.336 e. The van der Waals surface area contributed by atoms with Crippen LogP contribution < -0.4 is 4.74 Å². The number of carboxylic acid groups (broad SMARTS) is 1. The van der Waals surface area contributed by atoms with Crippen LogP contribution in [-0.2, 0) is 9.53 Å². The van der Waals surface area contributed by atoms with Gasteiger partial charge in [0.15, 0.2) is 11.7 Å². The maximum Gasteiger partial charge on any atom is 0.336 e. The van der Waals surface area contributed by atoms with Gasteiger partial charge in [0.25, 0.3) is 0 Å². The highest BCUT2D eigenvalue weighted by molar-refractivity contribution is 9.10. The van der Waals surface area contributed by atoms with Crippen LogP contribution in [0, 0.1) is 0 Å². The van der Waals surface area contributed by atoms with Gasteiger partial charge in [-0.1, -0.05) is 11.6 Å². The molecule has 0 bridgehead atoms. The molecule has 10 heteroatoms. The van der Waals surface area contributed by atoms with Crippen molar-refractivity contribution in [2.24, 2.45) is 0 Å². The van der Waals surface area contributed by atoms with E-state index in [2.05, 4.69) is 20.9 Å². The van der Waals surface area contributed by atoms with Crippen LogP contribution in [0.15, 0.2) is 22.8 Å². The summed E-state index contributed by atoms with van der Waals surface area (Å²) in [6.07, 6.45) is -0.398. The summed E-state index contributed by atoms with van der Waals surface area (Å²) in [4.78, 5) is 14.7. The number of halogens is 2. The third kappa shape index (κ3) is 2.68. The Morgan fingerprint density at radius 2 is 1.82 bits per heavy atom. The van der Waals surface area contributed by atoms with Crippen LogP contribution in [0.2, 0.25) is 5.02 Å². The first-order chi connectivity index (χ1) is 12.7. The Bertz CT molecular complexity index is 955. The Balaban J connectivity index is 2.15. The van der Waals surface area contributed by atoms with Gasteiger partial charge in [-0.3, -0.25) is 0 Å². The number of hydrogen-bond acceptors (Lipinski definition) is 6. The number of aliphatic hydroxyl groups is 3. The predicted molar refractivity (Wildman–Crippen MR) is 104 cm³/mol. The molecule has 2 aromatic rings. The summed E-state index contributed by atoms with van der Waals surface area (Å²) in [6, 6.07) is 3.49. The topological polar surface area (TPSA) is 132 Å². The molecule has 28 heavy (non-hydrogen) atoms. The molecular weight excluding hydrogens is 458 g/mol. The van der Waals surface area contributed by atoms with E-state index in [0.29, 0.717) is 20.4 Å². The number of benzene rings is 1. The zero-order valence-corrected chi connectivity index (χ0v) is 17.9. The van der Waals surface area contributed by atoms with Gasteiger partial charge in [0.2, 0.25) is 5.79 Å². The predicted octanol–water partition coefficient (Wildman–Crippen LogP) is 2.42. The molecule has 0 spiro atoms. The molecule has 2 heterocycles. The average molecular weight is 479 g/mol. The summed E-state index contributed by atoms with van der Waals surface area (Å²) in [5.41, 5.74) is -6.22. The van der Waals surface area contributed by atoms with E-state index in [4.69, 9.17) is 21.1 Å². The third-order valence-electron chi connectivity index (χ3n) is 5.90. The molecule has 5 atom stereocenters. The standard InChI is InChI=1S/C18H21BrClNO7/c1-15(24)13(14(22)23)28-18(4,17(3,26)16(15,2)25)27-10-7-21-9-6-5-8(19)12(20)11(9)10/h5-7,13,21,24-26H,1-4H3,(H,22,23)/t13-,15-,16+,17+,18-/m1/s1. The third-order valence-corrected chi connectivity index (χ3v) is 7.18. The van der Waals surface area contributed by atoms with Crippen molar-refractivity contribution in [3.05, 3.63) is 27.8 Å². The van der Waals surface area contributed by atoms with Crippen molar-refractivity contribution in [1.82, 2.24) is 4.98 Å². The van der Waals surface area contributed by atoms with Crippen LogP contribution in [0.4, 0.5) is 0 Å². The second-order valence-corrected chi connectivity index (χ2v) is 8.85. The number of aromatic nitrogens is 1. The molecule has 0 amide bonds. The van der Waals surface area contributed by atoms with Gasteiger partial charge in [0.05, 0.1) is 15.9 Å². The number of ether oxygens (including phenoxy) is 2. The largest absolute Gasteiger partial charge is 0.479 e. The molecule has 1 aliphatic rings. The highest BCUT2D eigenvalue weighted by Crippen LogP contribution is 2.50. The molecule has 0 radical (unpaired) electrons. The highest BCUT2D eigenvalue weighted by Gasteiger charge is 2.73. The monoisotopic (exact) mass is 477 g/mol. The first-order valence-electron chi connectivity index (χ1n) is 8.39. The van der Waals surface area contributed by atoms with Gasteiger partial charge in [-0.2, -0.15) is 0 Å². The SMILES string of the molecule is C[C@@]1(Oc2c[nH]c3ccc(Br)c(Cl)c23)O[C@H](C(=O)O)[C@@](C)(O)[C@](C)(O)[C@]1(C)O. The van der Waals surface area contributed by atoms with Crippen LogP contribution in [0.1, 0.15) is 27.7 Å². The molecule has 1 aliphatic heterocycles. The molecule has 5 N–H and O–H groups in total. The Kier molecular flexibility index (Phi) is 4.82. The quantitative estimate of drug-likeness (QED) is 0.458. The fraction of sp³-hybridized carbons (Fsp3) is 0.500. The molecule has 1 saturated heterocycles. The number of aliphatic carboxylic acids is 1. The van der Waals surface area contributed by atoms with E-state index in [1.165, 1.54) is 20.0 Å². The first-order valence-corrected chi connectivity index (χ1v) is 9.56. The van der Waals surface area contributed by atoms with Gasteiger partial charge in [0, 0.05) is 17.6 Å². The highest BCUT2D eigenvalue weighted by atomic mass is 79.9. The summed E-state index contributed by atoms with van der Waals surface area (Å²) in [5.74, 6) is -3.40. The van der Waals surface area contributed by atoms with E-state index >= 15 is 0 Å². The number of carboxylic acids is 1. The number of H-pyrrole nitrogens is 1. The van der Waals surface area contributed by atoms with E-state index < -0.39 is 34.7 Å². The minimum absolute atomic E-state index is 0.172. The van der Waals surface area contributed by atoms with Crippen LogP contribution in [0.25, 0.3) is 10.9 Å². The van der Waals surface area contributed by atoms with E-state index in [1.807, 2.05) is 0 Å². The fourth-order valence-electron chi connectivity index (χ4n) is 3.48. The van der Waals surface area contributed by atoms with Crippen LogP contribution in [0.3, 0.4) is 0 Å². The van der Waals surface area contributed by atoms with E-state index in [9.17, 15) is 25.2 Å². The Hall–Kier alpha value is -1.36. The van der Waals surface area contributed by atoms with Crippen molar-refractivity contribution in [2.45, 2.75) is 56.4 Å². The number of rotatable bonds is 3. The molecule has 154 valence electrons. The van der Waals surface area contributed by atoms with Gasteiger partial charge in [-0.15, -0.1) is 0 Å².